The zero-order chi connectivity index (χ0) is 12.7. The third-order valence-corrected chi connectivity index (χ3v) is 3.66. The predicted molar refractivity (Wildman–Crippen MR) is 66.8 cm³/mol. The molecule has 0 amide bonds. The lowest BCUT2D eigenvalue weighted by atomic mass is 10.0. The third-order valence-electron chi connectivity index (χ3n) is 3.66. The molecule has 3 rings (SSSR count). The van der Waals surface area contributed by atoms with E-state index in [4.69, 9.17) is 9.52 Å². The number of benzene rings is 1. The topological polar surface area (TPSA) is 36.6 Å². The first-order chi connectivity index (χ1) is 8.67. The summed E-state index contributed by atoms with van der Waals surface area (Å²) in [6.45, 7) is 4.76. The van der Waals surface area contributed by atoms with Gasteiger partial charge in [-0.15, -0.1) is 0 Å². The Kier molecular flexibility index (Phi) is 2.84. The lowest BCUT2D eigenvalue weighted by Crippen LogP contribution is -2.47. The number of furan rings is 1. The minimum atomic E-state index is -0.234. The zero-order valence-electron chi connectivity index (χ0n) is 10.3. The van der Waals surface area contributed by atoms with Crippen molar-refractivity contribution in [2.45, 2.75) is 13.5 Å². The molecule has 96 valence electrons. The van der Waals surface area contributed by atoms with Gasteiger partial charge in [0.2, 0.25) is 0 Å². The van der Waals surface area contributed by atoms with E-state index in [0.29, 0.717) is 5.92 Å². The Morgan fingerprint density at radius 1 is 1.44 bits per heavy atom. The van der Waals surface area contributed by atoms with Crippen LogP contribution < -0.4 is 0 Å². The molecule has 1 fully saturated rings. The van der Waals surface area contributed by atoms with Gasteiger partial charge in [-0.25, -0.2) is 4.39 Å². The van der Waals surface area contributed by atoms with Gasteiger partial charge in [0.1, 0.15) is 17.2 Å². The summed E-state index contributed by atoms with van der Waals surface area (Å²) in [4.78, 5) is 2.22. The first-order valence-corrected chi connectivity index (χ1v) is 6.18. The van der Waals surface area contributed by atoms with E-state index in [1.807, 2.05) is 6.92 Å². The molecule has 1 saturated heterocycles. The largest absolute Gasteiger partial charge is 0.459 e. The molecule has 0 unspecified atom stereocenters. The SMILES string of the molecule is Cc1c(CN2CC(CO)C2)oc2ccc(F)cc12. The molecule has 1 N–H and O–H groups in total. The first-order valence-electron chi connectivity index (χ1n) is 6.18. The molecular weight excluding hydrogens is 233 g/mol. The smallest absolute Gasteiger partial charge is 0.134 e. The molecule has 2 heterocycles. The van der Waals surface area contributed by atoms with Crippen LogP contribution in [-0.2, 0) is 6.54 Å². The maximum Gasteiger partial charge on any atom is 0.134 e. The van der Waals surface area contributed by atoms with Crippen molar-refractivity contribution >= 4 is 11.0 Å². The highest BCUT2D eigenvalue weighted by Crippen LogP contribution is 2.28. The number of aliphatic hydroxyl groups is 1. The van der Waals surface area contributed by atoms with Gasteiger partial charge >= 0.3 is 0 Å². The molecule has 1 aromatic carbocycles. The van der Waals surface area contributed by atoms with Crippen LogP contribution in [0.5, 0.6) is 0 Å². The molecule has 18 heavy (non-hydrogen) atoms. The van der Waals surface area contributed by atoms with Crippen molar-refractivity contribution in [1.82, 2.24) is 4.90 Å². The van der Waals surface area contributed by atoms with E-state index in [-0.39, 0.29) is 12.4 Å². The normalized spacial score (nSPS) is 17.3. The highest BCUT2D eigenvalue weighted by molar-refractivity contribution is 5.82. The van der Waals surface area contributed by atoms with Gasteiger partial charge < -0.3 is 9.52 Å². The van der Waals surface area contributed by atoms with Crippen molar-refractivity contribution < 1.29 is 13.9 Å². The fourth-order valence-electron chi connectivity index (χ4n) is 2.52. The number of fused-ring (bicyclic) bond motifs is 1. The fraction of sp³-hybridized carbons (Fsp3) is 0.429. The average molecular weight is 249 g/mol. The molecule has 0 atom stereocenters. The quantitative estimate of drug-likeness (QED) is 0.906. The summed E-state index contributed by atoms with van der Waals surface area (Å²) >= 11 is 0. The number of aryl methyl sites for hydroxylation is 1. The van der Waals surface area contributed by atoms with Gasteiger partial charge in [-0.2, -0.15) is 0 Å². The number of hydrogen-bond acceptors (Lipinski definition) is 3. The Morgan fingerprint density at radius 3 is 2.94 bits per heavy atom. The minimum Gasteiger partial charge on any atom is -0.459 e. The number of likely N-dealkylation sites (tertiary alicyclic amines) is 1. The van der Waals surface area contributed by atoms with Crippen molar-refractivity contribution in [2.75, 3.05) is 19.7 Å². The molecule has 1 aromatic heterocycles. The van der Waals surface area contributed by atoms with Crippen LogP contribution in [0.25, 0.3) is 11.0 Å². The van der Waals surface area contributed by atoms with E-state index in [1.54, 1.807) is 6.07 Å². The number of aliphatic hydroxyl groups excluding tert-OH is 1. The molecule has 0 aliphatic carbocycles. The average Bonchev–Trinajstić information content (AvgIpc) is 2.61. The summed E-state index contributed by atoms with van der Waals surface area (Å²) in [6.07, 6.45) is 0. The highest BCUT2D eigenvalue weighted by Gasteiger charge is 2.27. The van der Waals surface area contributed by atoms with Crippen molar-refractivity contribution in [3.05, 3.63) is 35.3 Å². The van der Waals surface area contributed by atoms with E-state index >= 15 is 0 Å². The third kappa shape index (κ3) is 1.91. The molecule has 0 saturated carbocycles. The molecular formula is C14H16FNO2. The fourth-order valence-corrected chi connectivity index (χ4v) is 2.52. The summed E-state index contributed by atoms with van der Waals surface area (Å²) in [6, 6.07) is 4.61. The van der Waals surface area contributed by atoms with Crippen LogP contribution in [0.4, 0.5) is 4.39 Å². The number of rotatable bonds is 3. The van der Waals surface area contributed by atoms with Crippen LogP contribution in [0.1, 0.15) is 11.3 Å². The number of hydrogen-bond donors (Lipinski definition) is 1. The van der Waals surface area contributed by atoms with Crippen LogP contribution in [0.3, 0.4) is 0 Å². The van der Waals surface area contributed by atoms with E-state index in [0.717, 1.165) is 41.9 Å². The first kappa shape index (κ1) is 11.7. The summed E-state index contributed by atoms with van der Waals surface area (Å²) < 4.78 is 18.9. The van der Waals surface area contributed by atoms with Crippen molar-refractivity contribution in [3.63, 3.8) is 0 Å². The highest BCUT2D eigenvalue weighted by atomic mass is 19.1. The molecule has 1 aliphatic heterocycles. The Bertz CT molecular complexity index is 572. The second-order valence-corrected chi connectivity index (χ2v) is 5.03. The van der Waals surface area contributed by atoms with Gasteiger partial charge in [-0.3, -0.25) is 4.90 Å². The second kappa shape index (κ2) is 4.37. The molecule has 1 aliphatic rings. The number of nitrogens with zero attached hydrogens (tertiary/aromatic N) is 1. The maximum atomic E-state index is 13.2. The van der Waals surface area contributed by atoms with Gasteiger partial charge in [0.25, 0.3) is 0 Å². The Hall–Kier alpha value is -1.39. The predicted octanol–water partition coefficient (Wildman–Crippen LogP) is 2.30. The van der Waals surface area contributed by atoms with Crippen LogP contribution >= 0.6 is 0 Å². The van der Waals surface area contributed by atoms with Crippen LogP contribution in [-0.4, -0.2) is 29.7 Å². The zero-order valence-corrected chi connectivity index (χ0v) is 10.3. The summed E-state index contributed by atoms with van der Waals surface area (Å²) in [5.74, 6) is 1.06. The van der Waals surface area contributed by atoms with E-state index < -0.39 is 0 Å². The van der Waals surface area contributed by atoms with E-state index in [9.17, 15) is 4.39 Å². The van der Waals surface area contributed by atoms with Crippen LogP contribution in [0, 0.1) is 18.7 Å². The van der Waals surface area contributed by atoms with Gasteiger partial charge in [0.15, 0.2) is 0 Å². The Labute approximate surface area is 105 Å². The van der Waals surface area contributed by atoms with E-state index in [2.05, 4.69) is 4.90 Å². The molecule has 0 radical (unpaired) electrons. The minimum absolute atomic E-state index is 0.234. The molecule has 4 heteroatoms. The monoisotopic (exact) mass is 249 g/mol. The van der Waals surface area contributed by atoms with Crippen molar-refractivity contribution in [2.24, 2.45) is 5.92 Å². The van der Waals surface area contributed by atoms with Crippen LogP contribution in [0.2, 0.25) is 0 Å². The standard InChI is InChI=1S/C14H16FNO2/c1-9-12-4-11(15)2-3-13(12)18-14(9)7-16-5-10(6-16)8-17/h2-4,10,17H,5-8H2,1H3. The maximum absolute atomic E-state index is 13.2. The summed E-state index contributed by atoms with van der Waals surface area (Å²) in [7, 11) is 0. The molecule has 0 bridgehead atoms. The van der Waals surface area contributed by atoms with Crippen molar-refractivity contribution in [1.29, 1.82) is 0 Å². The molecule has 0 spiro atoms. The van der Waals surface area contributed by atoms with Crippen molar-refractivity contribution in [3.8, 4) is 0 Å². The molecule has 3 nitrogen and oxygen atoms in total. The Balaban J connectivity index is 1.82. The summed E-state index contributed by atoms with van der Waals surface area (Å²) in [5.41, 5.74) is 1.75. The van der Waals surface area contributed by atoms with Gasteiger partial charge in [-0.1, -0.05) is 0 Å². The van der Waals surface area contributed by atoms with Gasteiger partial charge in [0.05, 0.1) is 6.54 Å². The van der Waals surface area contributed by atoms with Gasteiger partial charge in [-0.05, 0) is 30.7 Å². The Morgan fingerprint density at radius 2 is 2.22 bits per heavy atom. The lowest BCUT2D eigenvalue weighted by molar-refractivity contribution is 0.0431. The summed E-state index contributed by atoms with van der Waals surface area (Å²) in [5, 5.41) is 9.83. The number of halogens is 1. The van der Waals surface area contributed by atoms with Crippen LogP contribution in [0.15, 0.2) is 22.6 Å². The van der Waals surface area contributed by atoms with Gasteiger partial charge in [0, 0.05) is 31.0 Å². The van der Waals surface area contributed by atoms with E-state index in [1.165, 1.54) is 12.1 Å². The second-order valence-electron chi connectivity index (χ2n) is 5.03. The lowest BCUT2D eigenvalue weighted by Gasteiger charge is -2.37. The molecule has 2 aromatic rings.